The summed E-state index contributed by atoms with van der Waals surface area (Å²) < 4.78 is 0. The number of rotatable bonds is 1. The number of phenolic OH excluding ortho intramolecular Hbond substituents is 2. The van der Waals surface area contributed by atoms with Crippen LogP contribution in [0.3, 0.4) is 0 Å². The molecule has 0 radical (unpaired) electrons. The summed E-state index contributed by atoms with van der Waals surface area (Å²) >= 11 is 0. The molecule has 1 spiro atoms. The quantitative estimate of drug-likeness (QED) is 0.296. The summed E-state index contributed by atoms with van der Waals surface area (Å²) in [5.74, 6) is 0.232. The van der Waals surface area contributed by atoms with Crippen molar-refractivity contribution in [3.8, 4) is 11.5 Å². The molecule has 2 aliphatic rings. The first-order chi connectivity index (χ1) is 16.3. The topological polar surface area (TPSA) is 86.8 Å². The number of anilines is 2. The van der Waals surface area contributed by atoms with Crippen LogP contribution in [0.5, 0.6) is 11.5 Å². The molecular formula is C28H24N2O3Si. The molecule has 4 N–H and O–H groups in total. The van der Waals surface area contributed by atoms with Crippen LogP contribution in [0.15, 0.2) is 84.9 Å². The van der Waals surface area contributed by atoms with Crippen molar-refractivity contribution >= 4 is 35.7 Å². The van der Waals surface area contributed by atoms with Gasteiger partial charge in [-0.1, -0.05) is 55.6 Å². The van der Waals surface area contributed by atoms with Gasteiger partial charge in [0.15, 0.2) is 0 Å². The number of phenols is 2. The van der Waals surface area contributed by atoms with E-state index >= 15 is 0 Å². The third-order valence-electron chi connectivity index (χ3n) is 7.40. The Labute approximate surface area is 198 Å². The first-order valence-electron chi connectivity index (χ1n) is 11.2. The van der Waals surface area contributed by atoms with Crippen LogP contribution in [0.4, 0.5) is 11.4 Å². The number of nitrogens with zero attached hydrogens (tertiary/aromatic N) is 1. The zero-order chi connectivity index (χ0) is 23.8. The Morgan fingerprint density at radius 3 is 1.94 bits per heavy atom. The molecule has 0 aliphatic carbocycles. The Morgan fingerprint density at radius 2 is 1.32 bits per heavy atom. The van der Waals surface area contributed by atoms with E-state index in [1.807, 2.05) is 71.6 Å². The standard InChI is InChI=1S/C28H24N2O3Si/c1-34(2)25-15-17(31)11-13-21(25)28(22-14-12-18(32)16-26(22)34)20-8-4-3-7-19(20)27(33)30(28)24-10-6-5-9-23(24)29/h3-16,31-32H,29H2,1-2H3. The van der Waals surface area contributed by atoms with Gasteiger partial charge in [0.1, 0.15) is 25.1 Å². The predicted octanol–water partition coefficient (Wildman–Crippen LogP) is 3.77. The molecule has 6 rings (SSSR count). The highest BCUT2D eigenvalue weighted by Crippen LogP contribution is 2.53. The summed E-state index contributed by atoms with van der Waals surface area (Å²) in [7, 11) is -2.36. The van der Waals surface area contributed by atoms with Crippen molar-refractivity contribution in [3.63, 3.8) is 0 Å². The number of carbonyl (C=O) groups is 1. The van der Waals surface area contributed by atoms with Crippen LogP contribution in [-0.2, 0) is 5.54 Å². The zero-order valence-electron chi connectivity index (χ0n) is 18.9. The molecule has 0 bridgehead atoms. The number of para-hydroxylation sites is 2. The maximum atomic E-state index is 14.1. The lowest BCUT2D eigenvalue weighted by molar-refractivity contribution is 0.0987. The fourth-order valence-corrected chi connectivity index (χ4v) is 9.09. The fraction of sp³-hybridized carbons (Fsp3) is 0.107. The number of amides is 1. The van der Waals surface area contributed by atoms with Crippen molar-refractivity contribution in [3.05, 3.63) is 107 Å². The molecule has 4 aromatic carbocycles. The van der Waals surface area contributed by atoms with Gasteiger partial charge in [-0.15, -0.1) is 0 Å². The van der Waals surface area contributed by atoms with Crippen LogP contribution >= 0.6 is 0 Å². The largest absolute Gasteiger partial charge is 0.508 e. The summed E-state index contributed by atoms with van der Waals surface area (Å²) in [6, 6.07) is 26.0. The van der Waals surface area contributed by atoms with Gasteiger partial charge in [0.2, 0.25) is 0 Å². The van der Waals surface area contributed by atoms with Crippen molar-refractivity contribution in [1.29, 1.82) is 0 Å². The van der Waals surface area contributed by atoms with E-state index in [0.29, 0.717) is 16.9 Å². The Morgan fingerprint density at radius 1 is 0.765 bits per heavy atom. The lowest BCUT2D eigenvalue weighted by Gasteiger charge is -2.49. The molecule has 168 valence electrons. The number of aromatic hydroxyl groups is 2. The van der Waals surface area contributed by atoms with Gasteiger partial charge in [-0.25, -0.2) is 0 Å². The Bertz CT molecular complexity index is 1460. The molecule has 34 heavy (non-hydrogen) atoms. The second-order valence-corrected chi connectivity index (χ2v) is 13.9. The number of carbonyl (C=O) groups excluding carboxylic acids is 1. The molecule has 5 nitrogen and oxygen atoms in total. The average molecular weight is 465 g/mol. The number of nitrogen functional groups attached to an aromatic ring is 1. The number of benzene rings is 4. The van der Waals surface area contributed by atoms with E-state index in [9.17, 15) is 15.0 Å². The summed E-state index contributed by atoms with van der Waals surface area (Å²) in [5.41, 5.74) is 10.0. The average Bonchev–Trinajstić information content (AvgIpc) is 3.08. The van der Waals surface area contributed by atoms with Gasteiger partial charge in [-0.05, 0) is 69.5 Å². The minimum atomic E-state index is -2.36. The molecule has 2 aliphatic heterocycles. The highest BCUT2D eigenvalue weighted by molar-refractivity contribution is 7.01. The first-order valence-corrected chi connectivity index (χ1v) is 14.2. The molecular weight excluding hydrogens is 440 g/mol. The highest BCUT2D eigenvalue weighted by Gasteiger charge is 2.59. The summed E-state index contributed by atoms with van der Waals surface area (Å²) in [6.07, 6.45) is 0. The van der Waals surface area contributed by atoms with Gasteiger partial charge in [-0.2, -0.15) is 0 Å². The molecule has 0 saturated carbocycles. The van der Waals surface area contributed by atoms with Gasteiger partial charge in [0, 0.05) is 5.56 Å². The fourth-order valence-electron chi connectivity index (χ4n) is 5.91. The summed E-state index contributed by atoms with van der Waals surface area (Å²) in [6.45, 7) is 4.42. The van der Waals surface area contributed by atoms with Crippen molar-refractivity contribution in [2.45, 2.75) is 18.6 Å². The Kier molecular flexibility index (Phi) is 4.08. The van der Waals surface area contributed by atoms with Crippen LogP contribution in [0.2, 0.25) is 13.1 Å². The van der Waals surface area contributed by atoms with E-state index < -0.39 is 13.6 Å². The van der Waals surface area contributed by atoms with E-state index in [2.05, 4.69) is 13.1 Å². The van der Waals surface area contributed by atoms with Gasteiger partial charge in [0.05, 0.1) is 11.4 Å². The molecule has 0 fully saturated rings. The van der Waals surface area contributed by atoms with E-state index in [1.54, 1.807) is 18.2 Å². The molecule has 0 aromatic heterocycles. The Hall–Kier alpha value is -4.03. The van der Waals surface area contributed by atoms with Crippen LogP contribution in [0.1, 0.15) is 27.0 Å². The number of nitrogens with two attached hydrogens (primary N) is 1. The minimum absolute atomic E-state index is 0.132. The molecule has 0 unspecified atom stereocenters. The summed E-state index contributed by atoms with van der Waals surface area (Å²) in [5, 5.41) is 23.0. The molecule has 2 heterocycles. The van der Waals surface area contributed by atoms with Crippen LogP contribution in [0.25, 0.3) is 0 Å². The number of fused-ring (bicyclic) bond motifs is 6. The van der Waals surface area contributed by atoms with Gasteiger partial charge in [0.25, 0.3) is 5.91 Å². The third-order valence-corrected chi connectivity index (χ3v) is 10.9. The lowest BCUT2D eigenvalue weighted by Crippen LogP contribution is -2.66. The van der Waals surface area contributed by atoms with E-state index in [0.717, 1.165) is 27.1 Å². The third kappa shape index (κ3) is 2.40. The summed E-state index contributed by atoms with van der Waals surface area (Å²) in [4.78, 5) is 15.9. The van der Waals surface area contributed by atoms with Gasteiger partial charge in [-0.3, -0.25) is 9.69 Å². The lowest BCUT2D eigenvalue weighted by atomic mass is 9.76. The van der Waals surface area contributed by atoms with Crippen molar-refractivity contribution in [2.75, 3.05) is 10.6 Å². The van der Waals surface area contributed by atoms with E-state index in [4.69, 9.17) is 5.73 Å². The van der Waals surface area contributed by atoms with Crippen molar-refractivity contribution in [2.24, 2.45) is 0 Å². The highest BCUT2D eigenvalue weighted by atomic mass is 28.3. The first kappa shape index (κ1) is 20.6. The molecule has 4 aromatic rings. The zero-order valence-corrected chi connectivity index (χ0v) is 19.9. The van der Waals surface area contributed by atoms with Crippen LogP contribution in [-0.4, -0.2) is 24.2 Å². The number of hydrogen-bond acceptors (Lipinski definition) is 4. The SMILES string of the molecule is C[Si]1(C)c2cc(O)ccc2C2(c3ccccc3C(=O)N2c2ccccc2N)c2ccc(O)cc21. The molecule has 0 atom stereocenters. The van der Waals surface area contributed by atoms with Gasteiger partial charge < -0.3 is 15.9 Å². The van der Waals surface area contributed by atoms with Gasteiger partial charge >= 0.3 is 0 Å². The normalized spacial score (nSPS) is 16.8. The van der Waals surface area contributed by atoms with E-state index in [-0.39, 0.29) is 17.4 Å². The van der Waals surface area contributed by atoms with Crippen molar-refractivity contribution < 1.29 is 15.0 Å². The molecule has 6 heteroatoms. The molecule has 1 amide bonds. The van der Waals surface area contributed by atoms with Crippen molar-refractivity contribution in [1.82, 2.24) is 0 Å². The molecule has 0 saturated heterocycles. The van der Waals surface area contributed by atoms with E-state index in [1.165, 1.54) is 0 Å². The van der Waals surface area contributed by atoms with Crippen LogP contribution < -0.4 is 21.0 Å². The number of hydrogen-bond donors (Lipinski definition) is 3. The predicted molar refractivity (Wildman–Crippen MR) is 137 cm³/mol. The second kappa shape index (κ2) is 6.74. The second-order valence-electron chi connectivity index (χ2n) is 9.54. The smallest absolute Gasteiger partial charge is 0.260 e. The monoisotopic (exact) mass is 464 g/mol. The minimum Gasteiger partial charge on any atom is -0.508 e. The Balaban J connectivity index is 1.85. The maximum absolute atomic E-state index is 14.1. The van der Waals surface area contributed by atoms with Crippen LogP contribution in [0, 0.1) is 0 Å². The maximum Gasteiger partial charge on any atom is 0.260 e.